The van der Waals surface area contributed by atoms with Gasteiger partial charge in [-0.2, -0.15) is 11.6 Å². The van der Waals surface area contributed by atoms with Gasteiger partial charge in [0.2, 0.25) is 0 Å². The number of rotatable bonds is 3. The zero-order chi connectivity index (χ0) is 25.1. The predicted molar refractivity (Wildman–Crippen MR) is 132 cm³/mol. The number of nitrogens with zero attached hydrogens (tertiary/aromatic N) is 2. The Morgan fingerprint density at radius 2 is 1.24 bits per heavy atom. The zero-order valence-corrected chi connectivity index (χ0v) is 24.9. The molecule has 0 amide bonds. The molecule has 1 aromatic heterocycles. The van der Waals surface area contributed by atoms with Gasteiger partial charge in [-0.05, 0) is 40.2 Å². The first-order valence-corrected chi connectivity index (χ1v) is 14.1. The molecule has 0 N–H and O–H groups in total. The molecule has 1 fully saturated rings. The molecule has 0 saturated heterocycles. The smallest absolute Gasteiger partial charge is 1.00 e. The summed E-state index contributed by atoms with van der Waals surface area (Å²) in [6.07, 6.45) is 10.8. The molecule has 1 aliphatic carbocycles. The maximum atomic E-state index is 9.84. The molecule has 1 saturated carbocycles. The Bertz CT molecular complexity index is 602. The third kappa shape index (κ3) is 23.5. The van der Waals surface area contributed by atoms with Crippen molar-refractivity contribution in [3.63, 3.8) is 0 Å². The molecule has 0 atom stereocenters. The van der Waals surface area contributed by atoms with E-state index in [2.05, 4.69) is 72.3 Å². The standard InChI is InChI=1S/C15H27NP.C5H10.C2H4N.F5P.FH.Ru/c1-11(2)17(12(3)4)14-9-13(10-16(14)8)15(5,6)7;1-2-4-5-3-1;1-2-3;1-6(2,3,4)5;;/h10-12H,1-8H3;1-5H2;2H,1H3;;1H;/q-1;;-1;;;+3. The van der Waals surface area contributed by atoms with Crippen LogP contribution in [0.15, 0.2) is 6.20 Å². The number of aromatic nitrogens is 1. The molecule has 1 heterocycles. The van der Waals surface area contributed by atoms with Gasteiger partial charge in [-0.3, -0.25) is 0 Å². The minimum absolute atomic E-state index is 0. The molecule has 11 heteroatoms. The SMILES string of the molecule is C1CCCC1.CC(C)[PH+](c1[c-]c(C(C)(C)C)cn1C)C(C)C.CC=[N-].FP(F)(F)(F)F.[F-].[Ru+3]. The molecule has 1 radical (unpaired) electrons. The number of hydrogen-bond donors (Lipinski definition) is 0. The van der Waals surface area contributed by atoms with Gasteiger partial charge < -0.3 is 14.7 Å². The molecular formula is C22H42F6N2P2Ru+. The Balaban J connectivity index is -0.000000216. The monoisotopic (exact) mass is 612 g/mol. The summed E-state index contributed by atoms with van der Waals surface area (Å²) >= 11 is 0. The normalized spacial score (nSPS) is 14.3. The molecule has 2 nitrogen and oxygen atoms in total. The van der Waals surface area contributed by atoms with Crippen molar-refractivity contribution in [2.45, 2.75) is 104 Å². The van der Waals surface area contributed by atoms with Crippen LogP contribution in [0.5, 0.6) is 0 Å². The maximum Gasteiger partial charge on any atom is 3.00 e. The van der Waals surface area contributed by atoms with Gasteiger partial charge in [0, 0.05) is 7.92 Å². The van der Waals surface area contributed by atoms with E-state index in [9.17, 15) is 21.0 Å². The van der Waals surface area contributed by atoms with Crippen molar-refractivity contribution in [2.24, 2.45) is 7.05 Å². The van der Waals surface area contributed by atoms with Gasteiger partial charge in [0.1, 0.15) is 0 Å². The summed E-state index contributed by atoms with van der Waals surface area (Å²) in [5.74, 6) is 0. The molecule has 33 heavy (non-hydrogen) atoms. The van der Waals surface area contributed by atoms with Gasteiger partial charge in [0.15, 0.2) is 0 Å². The summed E-state index contributed by atoms with van der Waals surface area (Å²) in [6, 6.07) is 3.69. The minimum atomic E-state index is -8.55. The first kappa shape index (κ1) is 40.2. The van der Waals surface area contributed by atoms with Crippen LogP contribution >= 0.6 is 16.1 Å². The van der Waals surface area contributed by atoms with Gasteiger partial charge in [-0.15, -0.1) is 6.20 Å². The summed E-state index contributed by atoms with van der Waals surface area (Å²) in [7, 11) is -6.89. The fourth-order valence-electron chi connectivity index (χ4n) is 3.26. The molecule has 0 bridgehead atoms. The number of hydrogen-bond acceptors (Lipinski definition) is 0. The van der Waals surface area contributed by atoms with Gasteiger partial charge >= 0.3 is 48.6 Å². The van der Waals surface area contributed by atoms with Crippen LogP contribution in [-0.2, 0) is 31.9 Å². The van der Waals surface area contributed by atoms with Crippen LogP contribution in [0.2, 0.25) is 0 Å². The van der Waals surface area contributed by atoms with Crippen molar-refractivity contribution in [1.29, 1.82) is 0 Å². The molecule has 0 aromatic carbocycles. The predicted octanol–water partition coefficient (Wildman–Crippen LogP) is 6.34. The summed E-state index contributed by atoms with van der Waals surface area (Å²) in [6.45, 7) is 17.8. The van der Waals surface area contributed by atoms with Gasteiger partial charge in [0.25, 0.3) is 0 Å². The third-order valence-corrected chi connectivity index (χ3v) is 8.02. The van der Waals surface area contributed by atoms with E-state index >= 15 is 0 Å². The van der Waals surface area contributed by atoms with E-state index in [1.807, 2.05) is 0 Å². The Hall–Kier alpha value is 0.0134. The Morgan fingerprint density at radius 3 is 1.42 bits per heavy atom. The molecule has 1 aliphatic rings. The molecule has 0 spiro atoms. The van der Waals surface area contributed by atoms with Crippen molar-refractivity contribution < 1.29 is 45.2 Å². The van der Waals surface area contributed by atoms with E-state index < -0.39 is 16.1 Å². The average molecular weight is 612 g/mol. The van der Waals surface area contributed by atoms with E-state index in [0.29, 0.717) is 0 Å². The van der Waals surface area contributed by atoms with E-state index in [1.165, 1.54) is 43.1 Å². The summed E-state index contributed by atoms with van der Waals surface area (Å²) in [4.78, 5) is 0. The van der Waals surface area contributed by atoms with Gasteiger partial charge in [-0.1, -0.05) is 59.8 Å². The summed E-state index contributed by atoms with van der Waals surface area (Å²) < 4.78 is 51.5. The second kappa shape index (κ2) is 17.4. The van der Waals surface area contributed by atoms with E-state index in [0.717, 1.165) is 17.5 Å². The number of aryl methyl sites for hydroxylation is 1. The first-order chi connectivity index (χ1) is 13.8. The van der Waals surface area contributed by atoms with Gasteiger partial charge in [0.05, 0.1) is 16.8 Å². The Labute approximate surface area is 211 Å². The topological polar surface area (TPSA) is 27.2 Å². The van der Waals surface area contributed by atoms with E-state index in [1.54, 1.807) is 6.92 Å². The maximum absolute atomic E-state index is 9.84. The zero-order valence-electron chi connectivity index (χ0n) is 21.3. The van der Waals surface area contributed by atoms with E-state index in [-0.39, 0.29) is 29.6 Å². The van der Waals surface area contributed by atoms with Crippen LogP contribution in [0.25, 0.3) is 5.41 Å². The van der Waals surface area contributed by atoms with Crippen molar-refractivity contribution >= 4 is 27.7 Å². The van der Waals surface area contributed by atoms with Crippen LogP contribution in [0.1, 0.15) is 93.1 Å². The third-order valence-electron chi connectivity index (χ3n) is 4.50. The van der Waals surface area contributed by atoms with Crippen LogP contribution in [0.4, 0.5) is 21.0 Å². The molecule has 199 valence electrons. The van der Waals surface area contributed by atoms with Crippen LogP contribution in [-0.4, -0.2) is 22.1 Å². The quantitative estimate of drug-likeness (QED) is 0.126. The van der Waals surface area contributed by atoms with Crippen molar-refractivity contribution in [1.82, 2.24) is 4.57 Å². The Morgan fingerprint density at radius 1 is 0.970 bits per heavy atom. The summed E-state index contributed by atoms with van der Waals surface area (Å²) in [5, 5.41) is 7.44. The fraction of sp³-hybridized carbons (Fsp3) is 0.773. The van der Waals surface area contributed by atoms with Crippen molar-refractivity contribution in [3.05, 3.63) is 23.2 Å². The fourth-order valence-corrected chi connectivity index (χ4v) is 6.44. The first-order valence-electron chi connectivity index (χ1n) is 10.8. The Kier molecular flexibility index (Phi) is 21.2. The van der Waals surface area contributed by atoms with E-state index in [4.69, 9.17) is 5.41 Å². The van der Waals surface area contributed by atoms with Crippen LogP contribution in [0, 0.1) is 6.07 Å². The molecule has 0 unspecified atom stereocenters. The second-order valence-electron chi connectivity index (χ2n) is 9.31. The van der Waals surface area contributed by atoms with Crippen molar-refractivity contribution in [2.75, 3.05) is 0 Å². The average Bonchev–Trinajstić information content (AvgIpc) is 3.18. The summed E-state index contributed by atoms with van der Waals surface area (Å²) in [5.41, 5.74) is 4.54. The molecule has 1 aromatic rings. The molecular weight excluding hydrogens is 569 g/mol. The number of halogens is 6. The molecule has 2 rings (SSSR count). The van der Waals surface area contributed by atoms with Crippen LogP contribution in [0.3, 0.4) is 0 Å². The largest absolute Gasteiger partial charge is 3.00 e. The van der Waals surface area contributed by atoms with Gasteiger partial charge in [-0.25, -0.2) is 6.21 Å². The second-order valence-corrected chi connectivity index (χ2v) is 14.3. The van der Waals surface area contributed by atoms with Crippen LogP contribution < -0.4 is 10.1 Å². The minimum Gasteiger partial charge on any atom is -1.00 e. The van der Waals surface area contributed by atoms with Crippen molar-refractivity contribution in [3.8, 4) is 0 Å². The molecule has 0 aliphatic heterocycles.